The van der Waals surface area contributed by atoms with E-state index in [-0.39, 0.29) is 0 Å². The summed E-state index contributed by atoms with van der Waals surface area (Å²) in [5.41, 5.74) is 0. The molecule has 0 N–H and O–H groups in total. The van der Waals surface area contributed by atoms with E-state index in [0.29, 0.717) is 0 Å². The largest absolute Gasteiger partial charge is 0.0654 e. The molecule has 2 aliphatic carbocycles. The Labute approximate surface area is 95.8 Å². The molecule has 0 spiro atoms. The average Bonchev–Trinajstić information content (AvgIpc) is 2.46. The Hall–Kier alpha value is 0. The van der Waals surface area contributed by atoms with Crippen LogP contribution >= 0.6 is 0 Å². The molecule has 6 unspecified atom stereocenters. The molecule has 2 aliphatic rings. The van der Waals surface area contributed by atoms with Gasteiger partial charge in [0, 0.05) is 0 Å². The van der Waals surface area contributed by atoms with Crippen LogP contribution < -0.4 is 0 Å². The molecule has 0 aromatic heterocycles. The third-order valence-electron chi connectivity index (χ3n) is 5.47. The van der Waals surface area contributed by atoms with Gasteiger partial charge in [-0.1, -0.05) is 40.5 Å². The van der Waals surface area contributed by atoms with Crippen LogP contribution in [-0.4, -0.2) is 0 Å². The Morgan fingerprint density at radius 2 is 1.47 bits per heavy atom. The van der Waals surface area contributed by atoms with E-state index in [2.05, 4.69) is 27.7 Å². The standard InChI is InChI=1S/C15H28/c1-5-6-14-12(4)8-13-7-10(2)11(3)9-15(13)14/h10-15H,5-9H2,1-4H3. The monoisotopic (exact) mass is 208 g/mol. The molecule has 88 valence electrons. The molecule has 0 aromatic carbocycles. The van der Waals surface area contributed by atoms with Crippen molar-refractivity contribution < 1.29 is 0 Å². The van der Waals surface area contributed by atoms with Gasteiger partial charge in [0.1, 0.15) is 0 Å². The first-order valence-electron chi connectivity index (χ1n) is 7.13. The van der Waals surface area contributed by atoms with Crippen molar-refractivity contribution in [3.8, 4) is 0 Å². The van der Waals surface area contributed by atoms with E-state index in [4.69, 9.17) is 0 Å². The lowest BCUT2D eigenvalue weighted by molar-refractivity contribution is 0.124. The van der Waals surface area contributed by atoms with Crippen LogP contribution in [0.2, 0.25) is 0 Å². The normalized spacial score (nSPS) is 50.4. The highest BCUT2D eigenvalue weighted by molar-refractivity contribution is 4.94. The second-order valence-electron chi connectivity index (χ2n) is 6.52. The van der Waals surface area contributed by atoms with Gasteiger partial charge in [-0.25, -0.2) is 0 Å². The molecular formula is C15H28. The van der Waals surface area contributed by atoms with Crippen LogP contribution in [0.3, 0.4) is 0 Å². The highest BCUT2D eigenvalue weighted by atomic mass is 14.5. The van der Waals surface area contributed by atoms with Gasteiger partial charge in [0.25, 0.3) is 0 Å². The van der Waals surface area contributed by atoms with Gasteiger partial charge in [0.05, 0.1) is 0 Å². The Kier molecular flexibility index (Phi) is 3.42. The van der Waals surface area contributed by atoms with Crippen molar-refractivity contribution in [3.05, 3.63) is 0 Å². The average molecular weight is 208 g/mol. The molecule has 0 aromatic rings. The van der Waals surface area contributed by atoms with Crippen LogP contribution in [0.25, 0.3) is 0 Å². The van der Waals surface area contributed by atoms with Gasteiger partial charge in [-0.05, 0) is 54.8 Å². The molecule has 0 radical (unpaired) electrons. The van der Waals surface area contributed by atoms with Crippen molar-refractivity contribution in [1.82, 2.24) is 0 Å². The van der Waals surface area contributed by atoms with E-state index in [1.54, 1.807) is 0 Å². The number of rotatable bonds is 2. The summed E-state index contributed by atoms with van der Waals surface area (Å²) in [6.07, 6.45) is 7.47. The van der Waals surface area contributed by atoms with Gasteiger partial charge < -0.3 is 0 Å². The Morgan fingerprint density at radius 1 is 0.867 bits per heavy atom. The minimum Gasteiger partial charge on any atom is -0.0654 e. The summed E-state index contributed by atoms with van der Waals surface area (Å²) < 4.78 is 0. The SMILES string of the molecule is CCCC1C(C)CC2CC(C)C(C)CC21. The van der Waals surface area contributed by atoms with Crippen LogP contribution in [0, 0.1) is 35.5 Å². The minimum atomic E-state index is 0.982. The lowest BCUT2D eigenvalue weighted by Crippen LogP contribution is -2.29. The van der Waals surface area contributed by atoms with Crippen LogP contribution in [0.4, 0.5) is 0 Å². The molecule has 2 rings (SSSR count). The molecule has 0 nitrogen and oxygen atoms in total. The molecule has 2 saturated carbocycles. The van der Waals surface area contributed by atoms with Crippen molar-refractivity contribution in [3.63, 3.8) is 0 Å². The van der Waals surface area contributed by atoms with E-state index in [0.717, 1.165) is 35.5 Å². The molecule has 0 bridgehead atoms. The Bertz CT molecular complexity index is 208. The van der Waals surface area contributed by atoms with Crippen molar-refractivity contribution in [2.45, 2.75) is 59.8 Å². The van der Waals surface area contributed by atoms with Crippen molar-refractivity contribution in [2.75, 3.05) is 0 Å². The molecule has 0 heterocycles. The number of hydrogen-bond acceptors (Lipinski definition) is 0. The molecule has 0 aliphatic heterocycles. The Morgan fingerprint density at radius 3 is 2.13 bits per heavy atom. The van der Waals surface area contributed by atoms with Crippen molar-refractivity contribution in [2.24, 2.45) is 35.5 Å². The van der Waals surface area contributed by atoms with Crippen LogP contribution in [-0.2, 0) is 0 Å². The highest BCUT2D eigenvalue weighted by Gasteiger charge is 2.44. The van der Waals surface area contributed by atoms with Gasteiger partial charge in [-0.3, -0.25) is 0 Å². The topological polar surface area (TPSA) is 0 Å². The lowest BCUT2D eigenvalue weighted by Gasteiger charge is -2.37. The van der Waals surface area contributed by atoms with Gasteiger partial charge in [-0.2, -0.15) is 0 Å². The van der Waals surface area contributed by atoms with Crippen molar-refractivity contribution >= 4 is 0 Å². The lowest BCUT2D eigenvalue weighted by atomic mass is 9.68. The summed E-state index contributed by atoms with van der Waals surface area (Å²) in [5, 5.41) is 0. The fraction of sp³-hybridized carbons (Fsp3) is 1.00. The summed E-state index contributed by atoms with van der Waals surface area (Å²) >= 11 is 0. The van der Waals surface area contributed by atoms with Crippen molar-refractivity contribution in [1.29, 1.82) is 0 Å². The third kappa shape index (κ3) is 2.10. The zero-order chi connectivity index (χ0) is 11.0. The summed E-state index contributed by atoms with van der Waals surface area (Å²) in [5.74, 6) is 6.22. The van der Waals surface area contributed by atoms with Crippen LogP contribution in [0.5, 0.6) is 0 Å². The fourth-order valence-electron chi connectivity index (χ4n) is 4.44. The zero-order valence-electron chi connectivity index (χ0n) is 11.0. The number of fused-ring (bicyclic) bond motifs is 1. The van der Waals surface area contributed by atoms with E-state index < -0.39 is 0 Å². The first-order valence-corrected chi connectivity index (χ1v) is 7.13. The summed E-state index contributed by atoms with van der Waals surface area (Å²) in [4.78, 5) is 0. The maximum absolute atomic E-state index is 2.51. The summed E-state index contributed by atoms with van der Waals surface area (Å²) in [7, 11) is 0. The first kappa shape index (κ1) is 11.5. The molecule has 15 heavy (non-hydrogen) atoms. The van der Waals surface area contributed by atoms with Crippen LogP contribution in [0.1, 0.15) is 59.8 Å². The van der Waals surface area contributed by atoms with Gasteiger partial charge in [0.2, 0.25) is 0 Å². The van der Waals surface area contributed by atoms with E-state index in [9.17, 15) is 0 Å². The minimum absolute atomic E-state index is 0.982. The van der Waals surface area contributed by atoms with E-state index >= 15 is 0 Å². The summed E-state index contributed by atoms with van der Waals surface area (Å²) in [6, 6.07) is 0. The maximum Gasteiger partial charge on any atom is -0.0352 e. The van der Waals surface area contributed by atoms with Gasteiger partial charge in [-0.15, -0.1) is 0 Å². The predicted molar refractivity (Wildman–Crippen MR) is 66.7 cm³/mol. The molecule has 6 atom stereocenters. The second kappa shape index (κ2) is 4.47. The molecule has 0 heteroatoms. The highest BCUT2D eigenvalue weighted by Crippen LogP contribution is 2.53. The van der Waals surface area contributed by atoms with E-state index in [1.165, 1.54) is 32.1 Å². The maximum atomic E-state index is 2.51. The molecular weight excluding hydrogens is 180 g/mol. The summed E-state index contributed by atoms with van der Waals surface area (Å²) in [6.45, 7) is 9.81. The van der Waals surface area contributed by atoms with Gasteiger partial charge >= 0.3 is 0 Å². The Balaban J connectivity index is 2.05. The zero-order valence-corrected chi connectivity index (χ0v) is 11.0. The van der Waals surface area contributed by atoms with Crippen LogP contribution in [0.15, 0.2) is 0 Å². The molecule has 0 saturated heterocycles. The van der Waals surface area contributed by atoms with E-state index in [1.807, 2.05) is 0 Å². The third-order valence-corrected chi connectivity index (χ3v) is 5.47. The smallest absolute Gasteiger partial charge is 0.0352 e. The second-order valence-corrected chi connectivity index (χ2v) is 6.52. The van der Waals surface area contributed by atoms with Gasteiger partial charge in [0.15, 0.2) is 0 Å². The molecule has 0 amide bonds. The molecule has 2 fully saturated rings. The quantitative estimate of drug-likeness (QED) is 0.615. The number of hydrogen-bond donors (Lipinski definition) is 0. The predicted octanol–water partition coefficient (Wildman–Crippen LogP) is 4.74. The fourth-order valence-corrected chi connectivity index (χ4v) is 4.44. The first-order chi connectivity index (χ1) is 7.13.